The van der Waals surface area contributed by atoms with Gasteiger partial charge in [-0.25, -0.2) is 9.59 Å². The van der Waals surface area contributed by atoms with E-state index in [2.05, 4.69) is 15.5 Å². The fraction of sp³-hybridized carbons (Fsp3) is 0.333. The predicted molar refractivity (Wildman–Crippen MR) is 122 cm³/mol. The number of ether oxygens (including phenoxy) is 1. The number of piperidine rings is 1. The quantitative estimate of drug-likeness (QED) is 0.620. The van der Waals surface area contributed by atoms with Crippen LogP contribution in [0.1, 0.15) is 48.0 Å². The number of carbonyl (C=O) groups is 4. The van der Waals surface area contributed by atoms with Crippen molar-refractivity contribution in [2.45, 2.75) is 38.5 Å². The summed E-state index contributed by atoms with van der Waals surface area (Å²) in [6.07, 6.45) is 3.25. The van der Waals surface area contributed by atoms with Gasteiger partial charge < -0.3 is 14.5 Å². The number of aryl methyl sites for hydroxylation is 1. The van der Waals surface area contributed by atoms with Gasteiger partial charge in [0.2, 0.25) is 5.91 Å². The summed E-state index contributed by atoms with van der Waals surface area (Å²) in [4.78, 5) is 54.1. The van der Waals surface area contributed by atoms with E-state index >= 15 is 0 Å². The molecule has 9 nitrogen and oxygen atoms in total. The van der Waals surface area contributed by atoms with Crippen LogP contribution in [0.5, 0.6) is 0 Å². The van der Waals surface area contributed by atoms with Gasteiger partial charge in [-0.15, -0.1) is 0 Å². The molecule has 2 N–H and O–H groups in total. The lowest BCUT2D eigenvalue weighted by atomic mass is 10.1. The zero-order valence-electron chi connectivity index (χ0n) is 18.5. The second-order valence-electron chi connectivity index (χ2n) is 7.63. The summed E-state index contributed by atoms with van der Waals surface area (Å²) < 4.78 is 4.51. The highest BCUT2D eigenvalue weighted by Gasteiger charge is 2.19. The Kier molecular flexibility index (Phi) is 8.40. The van der Waals surface area contributed by atoms with Crippen LogP contribution in [0.4, 0.5) is 16.2 Å². The Bertz CT molecular complexity index is 1010. The first-order valence-electron chi connectivity index (χ1n) is 10.8. The topological polar surface area (TPSA) is 114 Å². The van der Waals surface area contributed by atoms with E-state index in [9.17, 15) is 19.2 Å². The van der Waals surface area contributed by atoms with Crippen molar-refractivity contribution in [2.75, 3.05) is 23.9 Å². The Labute approximate surface area is 192 Å². The molecule has 3 amide bonds. The summed E-state index contributed by atoms with van der Waals surface area (Å²) in [5.74, 6) is -1.01. The number of rotatable bonds is 7. The molecule has 1 aliphatic heterocycles. The van der Waals surface area contributed by atoms with Crippen molar-refractivity contribution < 1.29 is 28.8 Å². The zero-order chi connectivity index (χ0) is 23.6. The summed E-state index contributed by atoms with van der Waals surface area (Å²) in [6.45, 7) is 0.752. The molecule has 0 bridgehead atoms. The normalized spacial score (nSPS) is 13.2. The summed E-state index contributed by atoms with van der Waals surface area (Å²) >= 11 is 0. The van der Waals surface area contributed by atoms with Crippen molar-refractivity contribution in [3.8, 4) is 0 Å². The third kappa shape index (κ3) is 7.06. The molecule has 0 radical (unpaired) electrons. The molecule has 33 heavy (non-hydrogen) atoms. The maximum atomic E-state index is 12.2. The van der Waals surface area contributed by atoms with Crippen molar-refractivity contribution >= 4 is 35.3 Å². The van der Waals surface area contributed by atoms with Gasteiger partial charge in [0.25, 0.3) is 5.91 Å². The van der Waals surface area contributed by atoms with Gasteiger partial charge >= 0.3 is 12.1 Å². The fourth-order valence-electron chi connectivity index (χ4n) is 3.48. The number of nitrogens with one attached hydrogen (secondary N) is 2. The van der Waals surface area contributed by atoms with E-state index in [1.807, 2.05) is 29.2 Å². The second-order valence-corrected chi connectivity index (χ2v) is 7.63. The first-order valence-corrected chi connectivity index (χ1v) is 10.8. The summed E-state index contributed by atoms with van der Waals surface area (Å²) in [7, 11) is 1.23. The molecule has 0 saturated carbocycles. The van der Waals surface area contributed by atoms with Crippen LogP contribution in [0.2, 0.25) is 0 Å². The minimum Gasteiger partial charge on any atom is -0.453 e. The number of benzene rings is 2. The number of methoxy groups -OCH3 is 1. The highest BCUT2D eigenvalue weighted by molar-refractivity contribution is 5.96. The van der Waals surface area contributed by atoms with Crippen LogP contribution >= 0.6 is 0 Å². The van der Waals surface area contributed by atoms with Gasteiger partial charge in [0.05, 0.1) is 7.11 Å². The van der Waals surface area contributed by atoms with Gasteiger partial charge in [0.1, 0.15) is 0 Å². The minimum absolute atomic E-state index is 0.135. The van der Waals surface area contributed by atoms with Crippen LogP contribution in [-0.2, 0) is 25.6 Å². The minimum atomic E-state index is -0.659. The molecule has 0 aliphatic carbocycles. The zero-order valence-corrected chi connectivity index (χ0v) is 18.5. The lowest BCUT2D eigenvalue weighted by molar-refractivity contribution is -0.149. The van der Waals surface area contributed by atoms with Crippen molar-refractivity contribution in [3.05, 3.63) is 59.7 Å². The highest BCUT2D eigenvalue weighted by Crippen LogP contribution is 2.21. The van der Waals surface area contributed by atoms with Crippen LogP contribution in [0.25, 0.3) is 0 Å². The van der Waals surface area contributed by atoms with Crippen LogP contribution in [-0.4, -0.2) is 37.5 Å². The maximum Gasteiger partial charge on any atom is 0.411 e. The summed E-state index contributed by atoms with van der Waals surface area (Å²) in [5.41, 5.74) is 4.65. The molecule has 3 rings (SSSR count). The van der Waals surface area contributed by atoms with E-state index in [4.69, 9.17) is 4.84 Å². The van der Waals surface area contributed by atoms with Gasteiger partial charge in [0, 0.05) is 36.3 Å². The van der Waals surface area contributed by atoms with Gasteiger partial charge in [0.15, 0.2) is 0 Å². The third-order valence-electron chi connectivity index (χ3n) is 5.23. The molecule has 0 atom stereocenters. The number of nitrogens with zero attached hydrogens (tertiary/aromatic N) is 1. The first kappa shape index (κ1) is 23.8. The molecule has 9 heteroatoms. The van der Waals surface area contributed by atoms with E-state index in [-0.39, 0.29) is 17.9 Å². The fourth-order valence-corrected chi connectivity index (χ4v) is 3.48. The third-order valence-corrected chi connectivity index (χ3v) is 5.23. The number of hydroxylamine groups is 1. The Morgan fingerprint density at radius 2 is 1.85 bits per heavy atom. The van der Waals surface area contributed by atoms with Crippen LogP contribution in [0, 0.1) is 0 Å². The van der Waals surface area contributed by atoms with Gasteiger partial charge in [-0.1, -0.05) is 18.2 Å². The first-order chi connectivity index (χ1) is 16.0. The van der Waals surface area contributed by atoms with E-state index in [1.54, 1.807) is 12.1 Å². The Hall–Kier alpha value is -3.88. The SMILES string of the molecule is COC(=O)Nc1cccc(C(=O)NOC(=O)CCCc2ccc(N3CCCCC3=O)cc2)c1. The van der Waals surface area contributed by atoms with Crippen LogP contribution < -0.4 is 15.7 Å². The summed E-state index contributed by atoms with van der Waals surface area (Å²) in [5, 5.41) is 2.45. The maximum absolute atomic E-state index is 12.2. The number of hydrogen-bond donors (Lipinski definition) is 2. The van der Waals surface area contributed by atoms with Crippen molar-refractivity contribution in [1.29, 1.82) is 0 Å². The molecular weight excluding hydrogens is 426 g/mol. The average molecular weight is 453 g/mol. The molecule has 2 aromatic rings. The average Bonchev–Trinajstić information content (AvgIpc) is 2.83. The smallest absolute Gasteiger partial charge is 0.411 e. The molecule has 1 heterocycles. The molecule has 0 unspecified atom stereocenters. The second kappa shape index (κ2) is 11.7. The van der Waals surface area contributed by atoms with Gasteiger partial charge in [-0.05, 0) is 61.6 Å². The largest absolute Gasteiger partial charge is 0.453 e. The summed E-state index contributed by atoms with van der Waals surface area (Å²) in [6, 6.07) is 13.9. The van der Waals surface area contributed by atoms with E-state index in [0.717, 1.165) is 30.6 Å². The number of carbonyl (C=O) groups excluding carboxylic acids is 4. The van der Waals surface area contributed by atoms with Crippen LogP contribution in [0.3, 0.4) is 0 Å². The van der Waals surface area contributed by atoms with E-state index in [1.165, 1.54) is 19.2 Å². The number of hydrogen-bond acceptors (Lipinski definition) is 6. The predicted octanol–water partition coefficient (Wildman–Crippen LogP) is 3.59. The lowest BCUT2D eigenvalue weighted by Crippen LogP contribution is -2.35. The molecule has 1 aliphatic rings. The molecule has 1 fully saturated rings. The number of anilines is 2. The Morgan fingerprint density at radius 3 is 2.58 bits per heavy atom. The molecule has 1 saturated heterocycles. The van der Waals surface area contributed by atoms with Gasteiger partial charge in [-0.3, -0.25) is 14.9 Å². The molecule has 2 aromatic carbocycles. The standard InChI is InChI=1S/C24H27N3O6/c1-32-24(31)25-19-8-5-7-18(16-19)23(30)26-33-22(29)10-4-6-17-11-13-20(14-12-17)27-15-3-2-9-21(27)28/h5,7-8,11-14,16H,2-4,6,9-10,15H2,1H3,(H,25,31)(H,26,30). The van der Waals surface area contributed by atoms with Crippen LogP contribution in [0.15, 0.2) is 48.5 Å². The molecular formula is C24H27N3O6. The highest BCUT2D eigenvalue weighted by atomic mass is 16.7. The van der Waals surface area contributed by atoms with Crippen molar-refractivity contribution in [3.63, 3.8) is 0 Å². The van der Waals surface area contributed by atoms with Gasteiger partial charge in [-0.2, -0.15) is 5.48 Å². The van der Waals surface area contributed by atoms with E-state index in [0.29, 0.717) is 24.9 Å². The molecule has 0 spiro atoms. The lowest BCUT2D eigenvalue weighted by Gasteiger charge is -2.26. The van der Waals surface area contributed by atoms with Crippen molar-refractivity contribution in [2.24, 2.45) is 0 Å². The molecule has 0 aromatic heterocycles. The molecule has 174 valence electrons. The van der Waals surface area contributed by atoms with Crippen molar-refractivity contribution in [1.82, 2.24) is 5.48 Å². The Morgan fingerprint density at radius 1 is 1.06 bits per heavy atom. The van der Waals surface area contributed by atoms with E-state index < -0.39 is 18.0 Å². The Balaban J connectivity index is 1.40. The monoisotopic (exact) mass is 453 g/mol. The number of amides is 3.